The van der Waals surface area contributed by atoms with Crippen LogP contribution < -0.4 is 10.1 Å². The Hall–Kier alpha value is -1.55. The van der Waals surface area contributed by atoms with Crippen molar-refractivity contribution in [3.05, 3.63) is 29.8 Å². The zero-order chi connectivity index (χ0) is 14.4. The van der Waals surface area contributed by atoms with Gasteiger partial charge in [-0.1, -0.05) is 32.0 Å². The summed E-state index contributed by atoms with van der Waals surface area (Å²) in [6, 6.07) is 8.02. The third kappa shape index (κ3) is 3.97. The van der Waals surface area contributed by atoms with E-state index in [-0.39, 0.29) is 12.0 Å². The molecule has 1 aliphatic rings. The number of para-hydroxylation sites is 1. The Morgan fingerprint density at radius 1 is 1.45 bits per heavy atom. The molecule has 1 saturated heterocycles. The highest BCUT2D eigenvalue weighted by molar-refractivity contribution is 5.80. The first-order valence-corrected chi connectivity index (χ1v) is 7.29. The molecule has 1 unspecified atom stereocenters. The molecule has 1 aromatic carbocycles. The fourth-order valence-electron chi connectivity index (χ4n) is 2.32. The van der Waals surface area contributed by atoms with E-state index < -0.39 is 0 Å². The predicted molar refractivity (Wildman–Crippen MR) is 78.0 cm³/mol. The summed E-state index contributed by atoms with van der Waals surface area (Å²) in [6.07, 6.45) is 1.53. The van der Waals surface area contributed by atoms with E-state index in [1.807, 2.05) is 18.2 Å². The highest BCUT2D eigenvalue weighted by atomic mass is 16.5. The molecule has 0 aliphatic carbocycles. The monoisotopic (exact) mass is 277 g/mol. The van der Waals surface area contributed by atoms with Gasteiger partial charge in [0.25, 0.3) is 0 Å². The molecule has 2 rings (SSSR count). The molecule has 0 aromatic heterocycles. The number of rotatable bonds is 6. The maximum atomic E-state index is 11.7. The lowest BCUT2D eigenvalue weighted by atomic mass is 10.0. The summed E-state index contributed by atoms with van der Waals surface area (Å²) in [5.41, 5.74) is 1.19. The van der Waals surface area contributed by atoms with E-state index >= 15 is 0 Å². The van der Waals surface area contributed by atoms with E-state index in [2.05, 4.69) is 25.2 Å². The number of carbonyl (C=O) groups excluding carboxylic acids is 1. The van der Waals surface area contributed by atoms with E-state index in [4.69, 9.17) is 9.47 Å². The second-order valence-electron chi connectivity index (χ2n) is 5.33. The fourth-order valence-corrected chi connectivity index (χ4v) is 2.32. The van der Waals surface area contributed by atoms with Gasteiger partial charge in [0.1, 0.15) is 18.5 Å². The third-order valence-electron chi connectivity index (χ3n) is 3.42. The molecule has 1 aliphatic heterocycles. The molecule has 4 nitrogen and oxygen atoms in total. The number of benzene rings is 1. The zero-order valence-electron chi connectivity index (χ0n) is 12.2. The van der Waals surface area contributed by atoms with E-state index in [0.29, 0.717) is 25.7 Å². The van der Waals surface area contributed by atoms with E-state index in [1.165, 1.54) is 5.56 Å². The van der Waals surface area contributed by atoms with Crippen LogP contribution in [0.4, 0.5) is 0 Å². The highest BCUT2D eigenvalue weighted by Crippen LogP contribution is 2.25. The maximum absolute atomic E-state index is 11.7. The van der Waals surface area contributed by atoms with Crippen LogP contribution in [-0.4, -0.2) is 31.8 Å². The molecule has 4 heteroatoms. The molecule has 0 radical (unpaired) electrons. The number of ether oxygens (including phenoxy) is 2. The van der Waals surface area contributed by atoms with Crippen LogP contribution in [0, 0.1) is 0 Å². The van der Waals surface area contributed by atoms with Gasteiger partial charge in [-0.05, 0) is 30.4 Å². The molecular weight excluding hydrogens is 254 g/mol. The predicted octanol–water partition coefficient (Wildman–Crippen LogP) is 2.48. The van der Waals surface area contributed by atoms with Crippen molar-refractivity contribution in [2.24, 2.45) is 0 Å². The van der Waals surface area contributed by atoms with Crippen LogP contribution in [0.5, 0.6) is 5.75 Å². The standard InChI is InChI=1S/C16H23NO3/c1-12(2)13-6-3-4-7-14(13)20-11-9-17-16(18)15-8-5-10-19-15/h3-4,6-7,12,15H,5,8-11H2,1-2H3,(H,17,18). The van der Waals surface area contributed by atoms with Crippen LogP contribution in [0.15, 0.2) is 24.3 Å². The molecule has 1 fully saturated rings. The molecule has 1 amide bonds. The first-order valence-electron chi connectivity index (χ1n) is 7.29. The third-order valence-corrected chi connectivity index (χ3v) is 3.42. The molecule has 0 saturated carbocycles. The Morgan fingerprint density at radius 3 is 2.95 bits per heavy atom. The molecule has 20 heavy (non-hydrogen) atoms. The Balaban J connectivity index is 1.74. The van der Waals surface area contributed by atoms with Crippen molar-refractivity contribution in [1.82, 2.24) is 5.32 Å². The molecule has 1 atom stereocenters. The number of hydrogen-bond acceptors (Lipinski definition) is 3. The summed E-state index contributed by atoms with van der Waals surface area (Å²) in [5, 5.41) is 2.85. The number of hydrogen-bond donors (Lipinski definition) is 1. The van der Waals surface area contributed by atoms with Crippen molar-refractivity contribution < 1.29 is 14.3 Å². The smallest absolute Gasteiger partial charge is 0.249 e. The average molecular weight is 277 g/mol. The second kappa shape index (κ2) is 7.29. The van der Waals surface area contributed by atoms with Crippen molar-refractivity contribution in [3.8, 4) is 5.75 Å². The van der Waals surface area contributed by atoms with Gasteiger partial charge in [0.2, 0.25) is 5.91 Å². The van der Waals surface area contributed by atoms with Crippen molar-refractivity contribution >= 4 is 5.91 Å². The molecule has 0 spiro atoms. The van der Waals surface area contributed by atoms with Crippen molar-refractivity contribution in [2.45, 2.75) is 38.7 Å². The topological polar surface area (TPSA) is 47.6 Å². The maximum Gasteiger partial charge on any atom is 0.249 e. The zero-order valence-corrected chi connectivity index (χ0v) is 12.2. The molecular formula is C16H23NO3. The second-order valence-corrected chi connectivity index (χ2v) is 5.33. The average Bonchev–Trinajstić information content (AvgIpc) is 2.98. The summed E-state index contributed by atoms with van der Waals surface area (Å²) < 4.78 is 11.1. The fraction of sp³-hybridized carbons (Fsp3) is 0.562. The first kappa shape index (κ1) is 14.9. The first-order chi connectivity index (χ1) is 9.68. The van der Waals surface area contributed by atoms with Crippen molar-refractivity contribution in [2.75, 3.05) is 19.8 Å². The molecule has 1 aromatic rings. The largest absolute Gasteiger partial charge is 0.491 e. The minimum absolute atomic E-state index is 0.0248. The lowest BCUT2D eigenvalue weighted by molar-refractivity contribution is -0.130. The van der Waals surface area contributed by atoms with Crippen LogP contribution >= 0.6 is 0 Å². The highest BCUT2D eigenvalue weighted by Gasteiger charge is 2.22. The Bertz CT molecular complexity index is 439. The lowest BCUT2D eigenvalue weighted by Crippen LogP contribution is -2.36. The van der Waals surface area contributed by atoms with Crippen LogP contribution in [0.1, 0.15) is 38.2 Å². The van der Waals surface area contributed by atoms with Gasteiger partial charge in [-0.15, -0.1) is 0 Å². The summed E-state index contributed by atoms with van der Waals surface area (Å²) >= 11 is 0. The van der Waals surface area contributed by atoms with Crippen molar-refractivity contribution in [1.29, 1.82) is 0 Å². The van der Waals surface area contributed by atoms with Gasteiger partial charge in [0.15, 0.2) is 0 Å². The van der Waals surface area contributed by atoms with Crippen molar-refractivity contribution in [3.63, 3.8) is 0 Å². The van der Waals surface area contributed by atoms with Gasteiger partial charge in [-0.25, -0.2) is 0 Å². The minimum atomic E-state index is -0.266. The molecule has 0 bridgehead atoms. The molecule has 1 heterocycles. The molecule has 1 N–H and O–H groups in total. The Morgan fingerprint density at radius 2 is 2.25 bits per heavy atom. The van der Waals surface area contributed by atoms with Gasteiger partial charge < -0.3 is 14.8 Å². The SMILES string of the molecule is CC(C)c1ccccc1OCCNC(=O)C1CCCO1. The van der Waals surface area contributed by atoms with E-state index in [1.54, 1.807) is 0 Å². The number of carbonyl (C=O) groups is 1. The van der Waals surface area contributed by atoms with Gasteiger partial charge in [0, 0.05) is 6.61 Å². The van der Waals surface area contributed by atoms with E-state index in [9.17, 15) is 4.79 Å². The summed E-state index contributed by atoms with van der Waals surface area (Å²) in [7, 11) is 0. The normalized spacial score (nSPS) is 18.2. The molecule has 110 valence electrons. The van der Waals surface area contributed by atoms with Crippen LogP contribution in [0.3, 0.4) is 0 Å². The van der Waals surface area contributed by atoms with Crippen LogP contribution in [0.2, 0.25) is 0 Å². The number of nitrogens with one attached hydrogen (secondary N) is 1. The van der Waals surface area contributed by atoms with Gasteiger partial charge in [-0.3, -0.25) is 4.79 Å². The van der Waals surface area contributed by atoms with E-state index in [0.717, 1.165) is 18.6 Å². The van der Waals surface area contributed by atoms with Gasteiger partial charge in [0.05, 0.1) is 6.54 Å². The van der Waals surface area contributed by atoms with Gasteiger partial charge in [-0.2, -0.15) is 0 Å². The van der Waals surface area contributed by atoms with Crippen LogP contribution in [-0.2, 0) is 9.53 Å². The summed E-state index contributed by atoms with van der Waals surface area (Å²) in [4.78, 5) is 11.7. The number of amides is 1. The Labute approximate surface area is 120 Å². The van der Waals surface area contributed by atoms with Crippen LogP contribution in [0.25, 0.3) is 0 Å². The summed E-state index contributed by atoms with van der Waals surface area (Å²) in [5.74, 6) is 1.30. The lowest BCUT2D eigenvalue weighted by Gasteiger charge is -2.15. The minimum Gasteiger partial charge on any atom is -0.491 e. The Kier molecular flexibility index (Phi) is 5.41. The quantitative estimate of drug-likeness (QED) is 0.813. The van der Waals surface area contributed by atoms with Gasteiger partial charge >= 0.3 is 0 Å². The summed E-state index contributed by atoms with van der Waals surface area (Å²) in [6.45, 7) is 5.95.